The largest absolute Gasteiger partial charge is 0.392 e. The minimum atomic E-state index is -0.951. The maximum Gasteiger partial charge on any atom is 0.257 e. The number of nitrogens with zero attached hydrogens (tertiary/aromatic N) is 2. The summed E-state index contributed by atoms with van der Waals surface area (Å²) in [5, 5.41) is 15.8. The van der Waals surface area contributed by atoms with Crippen LogP contribution in [0.2, 0.25) is 0 Å². The summed E-state index contributed by atoms with van der Waals surface area (Å²) in [4.78, 5) is 21.6. The first-order valence-electron chi connectivity index (χ1n) is 8.82. The van der Waals surface area contributed by atoms with Crippen molar-refractivity contribution in [2.24, 2.45) is 4.99 Å². The second-order valence-corrected chi connectivity index (χ2v) is 7.09. The number of aliphatic hydroxyl groups excluding tert-OH is 1. The van der Waals surface area contributed by atoms with Gasteiger partial charge in [0.05, 0.1) is 12.1 Å². The van der Waals surface area contributed by atoms with Crippen molar-refractivity contribution in [1.82, 2.24) is 15.6 Å². The number of β-amino-alcohol motifs (C(OH)–C–C–N with tert-alkyl or cyclic N) is 1. The number of carbonyl (C=O) groups is 1. The van der Waals surface area contributed by atoms with Crippen LogP contribution in [0.25, 0.3) is 11.1 Å². The smallest absolute Gasteiger partial charge is 0.257 e. The number of benzene rings is 1. The molecule has 1 aromatic carbocycles. The van der Waals surface area contributed by atoms with Crippen molar-refractivity contribution in [2.45, 2.75) is 38.0 Å². The summed E-state index contributed by atoms with van der Waals surface area (Å²) in [5.41, 5.74) is 3.00. The summed E-state index contributed by atoms with van der Waals surface area (Å²) in [5.74, 6) is 0.474. The normalized spacial score (nSPS) is 28.1. The molecular formula is C20H22N4O2. The molecule has 0 aliphatic carbocycles. The quantitative estimate of drug-likeness (QED) is 0.783. The van der Waals surface area contributed by atoms with Gasteiger partial charge in [0.1, 0.15) is 5.84 Å². The minimum absolute atomic E-state index is 0.104. The molecule has 0 bridgehead atoms. The molecule has 3 heterocycles. The van der Waals surface area contributed by atoms with Gasteiger partial charge < -0.3 is 15.7 Å². The highest BCUT2D eigenvalue weighted by atomic mass is 16.3. The third-order valence-electron chi connectivity index (χ3n) is 5.23. The van der Waals surface area contributed by atoms with E-state index in [4.69, 9.17) is 0 Å². The molecule has 1 saturated heterocycles. The van der Waals surface area contributed by atoms with Crippen LogP contribution in [-0.2, 0) is 10.3 Å². The molecule has 2 unspecified atom stereocenters. The molecule has 134 valence electrons. The molecule has 4 rings (SSSR count). The van der Waals surface area contributed by atoms with Crippen LogP contribution in [0.5, 0.6) is 0 Å². The number of rotatable bonds is 3. The number of aryl methyl sites for hydroxylation is 1. The molecule has 6 nitrogen and oxygen atoms in total. The lowest BCUT2D eigenvalue weighted by molar-refractivity contribution is -0.123. The van der Waals surface area contributed by atoms with E-state index in [0.29, 0.717) is 18.8 Å². The van der Waals surface area contributed by atoms with Crippen LogP contribution in [0.15, 0.2) is 47.6 Å². The number of aliphatic hydroxyl groups is 1. The van der Waals surface area contributed by atoms with E-state index in [2.05, 4.69) is 20.6 Å². The second-order valence-electron chi connectivity index (χ2n) is 7.09. The van der Waals surface area contributed by atoms with Gasteiger partial charge in [-0.05, 0) is 37.5 Å². The van der Waals surface area contributed by atoms with Crippen LogP contribution in [0.1, 0.15) is 24.6 Å². The Labute approximate surface area is 152 Å². The van der Waals surface area contributed by atoms with E-state index in [1.54, 1.807) is 6.20 Å². The maximum atomic E-state index is 12.6. The highest BCUT2D eigenvalue weighted by Crippen LogP contribution is 2.32. The second kappa shape index (κ2) is 6.30. The van der Waals surface area contributed by atoms with Crippen molar-refractivity contribution in [2.75, 3.05) is 6.54 Å². The first-order chi connectivity index (χ1) is 12.5. The van der Waals surface area contributed by atoms with Gasteiger partial charge in [0.15, 0.2) is 5.54 Å². The van der Waals surface area contributed by atoms with E-state index in [1.807, 2.05) is 50.2 Å². The maximum absolute atomic E-state index is 12.6. The predicted octanol–water partition coefficient (Wildman–Crippen LogP) is 1.52. The Morgan fingerprint density at radius 1 is 1.23 bits per heavy atom. The Morgan fingerprint density at radius 3 is 2.65 bits per heavy atom. The summed E-state index contributed by atoms with van der Waals surface area (Å²) in [6, 6.07) is 11.8. The number of hydrogen-bond donors (Lipinski definition) is 3. The van der Waals surface area contributed by atoms with Crippen LogP contribution >= 0.6 is 0 Å². The minimum Gasteiger partial charge on any atom is -0.392 e. The highest BCUT2D eigenvalue weighted by molar-refractivity contribution is 6.10. The van der Waals surface area contributed by atoms with Crippen molar-refractivity contribution in [3.63, 3.8) is 0 Å². The van der Waals surface area contributed by atoms with Gasteiger partial charge in [0.2, 0.25) is 0 Å². The standard InChI is InChI=1S/C20H22N4O2/c1-12-16(4-3-9-21-12)13-5-7-14(8-6-13)20(2)19(26)23-18(24-20)17-10-15(25)11-22-17/h3-9,15,17,22,25H,10-11H2,1-2H3,(H,23,24,26)/t15-,17?,20?/m1/s1. The zero-order chi connectivity index (χ0) is 18.3. The van der Waals surface area contributed by atoms with Gasteiger partial charge >= 0.3 is 0 Å². The highest BCUT2D eigenvalue weighted by Gasteiger charge is 2.43. The molecule has 1 fully saturated rings. The molecule has 26 heavy (non-hydrogen) atoms. The third kappa shape index (κ3) is 2.81. The summed E-state index contributed by atoms with van der Waals surface area (Å²) >= 11 is 0. The molecule has 2 aliphatic heterocycles. The Bertz CT molecular complexity index is 878. The SMILES string of the molecule is Cc1ncccc1-c1ccc(C2(C)N=C(C3C[C@@H](O)CN3)NC2=O)cc1. The van der Waals surface area contributed by atoms with Crippen molar-refractivity contribution >= 4 is 11.7 Å². The number of amidine groups is 1. The molecule has 2 aliphatic rings. The first kappa shape index (κ1) is 16.9. The number of aromatic nitrogens is 1. The molecule has 3 N–H and O–H groups in total. The van der Waals surface area contributed by atoms with E-state index >= 15 is 0 Å². The lowest BCUT2D eigenvalue weighted by atomic mass is 9.91. The van der Waals surface area contributed by atoms with Crippen LogP contribution in [0.3, 0.4) is 0 Å². The molecule has 3 atom stereocenters. The van der Waals surface area contributed by atoms with Gasteiger partial charge in [-0.25, -0.2) is 4.99 Å². The van der Waals surface area contributed by atoms with Crippen LogP contribution in [0.4, 0.5) is 0 Å². The molecule has 1 amide bonds. The van der Waals surface area contributed by atoms with Crippen molar-refractivity contribution in [1.29, 1.82) is 0 Å². The number of amides is 1. The molecule has 6 heteroatoms. The summed E-state index contributed by atoms with van der Waals surface area (Å²) < 4.78 is 0. The van der Waals surface area contributed by atoms with Gasteiger partial charge in [0.25, 0.3) is 5.91 Å². The fourth-order valence-electron chi connectivity index (χ4n) is 3.61. The molecule has 0 saturated carbocycles. The molecule has 0 radical (unpaired) electrons. The third-order valence-corrected chi connectivity index (χ3v) is 5.23. The molecule has 2 aromatic rings. The Morgan fingerprint density at radius 2 is 2.00 bits per heavy atom. The zero-order valence-corrected chi connectivity index (χ0v) is 14.9. The summed E-state index contributed by atoms with van der Waals surface area (Å²) in [6.45, 7) is 4.33. The molecule has 1 aromatic heterocycles. The zero-order valence-electron chi connectivity index (χ0n) is 14.9. The van der Waals surface area contributed by atoms with E-state index in [-0.39, 0.29) is 11.9 Å². The lowest BCUT2D eigenvalue weighted by Crippen LogP contribution is -2.41. The Balaban J connectivity index is 1.63. The average Bonchev–Trinajstić information content (AvgIpc) is 3.20. The summed E-state index contributed by atoms with van der Waals surface area (Å²) in [7, 11) is 0. The van der Waals surface area contributed by atoms with Gasteiger partial charge in [0, 0.05) is 24.0 Å². The van der Waals surface area contributed by atoms with Gasteiger partial charge in [-0.15, -0.1) is 0 Å². The van der Waals surface area contributed by atoms with Crippen molar-refractivity contribution in [3.05, 3.63) is 53.9 Å². The van der Waals surface area contributed by atoms with E-state index in [9.17, 15) is 9.90 Å². The van der Waals surface area contributed by atoms with Crippen LogP contribution in [-0.4, -0.2) is 40.5 Å². The van der Waals surface area contributed by atoms with Crippen LogP contribution < -0.4 is 10.6 Å². The fourth-order valence-corrected chi connectivity index (χ4v) is 3.61. The molecule has 0 spiro atoms. The van der Waals surface area contributed by atoms with E-state index in [0.717, 1.165) is 22.4 Å². The lowest BCUT2D eigenvalue weighted by Gasteiger charge is -2.18. The van der Waals surface area contributed by atoms with Crippen molar-refractivity contribution < 1.29 is 9.90 Å². The molecular weight excluding hydrogens is 328 g/mol. The van der Waals surface area contributed by atoms with E-state index in [1.165, 1.54) is 0 Å². The van der Waals surface area contributed by atoms with Crippen LogP contribution in [0, 0.1) is 6.92 Å². The van der Waals surface area contributed by atoms with Gasteiger partial charge in [-0.3, -0.25) is 9.78 Å². The van der Waals surface area contributed by atoms with Gasteiger partial charge in [-0.2, -0.15) is 0 Å². The fraction of sp³-hybridized carbons (Fsp3) is 0.350. The Kier molecular flexibility index (Phi) is 4.09. The van der Waals surface area contributed by atoms with Gasteiger partial charge in [-0.1, -0.05) is 30.3 Å². The number of carbonyl (C=O) groups excluding carboxylic acids is 1. The predicted molar refractivity (Wildman–Crippen MR) is 99.8 cm³/mol. The number of aliphatic imine (C=N–C) groups is 1. The number of nitrogens with one attached hydrogen (secondary N) is 2. The average molecular weight is 350 g/mol. The summed E-state index contributed by atoms with van der Waals surface area (Å²) in [6.07, 6.45) is 1.95. The monoisotopic (exact) mass is 350 g/mol. The van der Waals surface area contributed by atoms with E-state index < -0.39 is 11.6 Å². The van der Waals surface area contributed by atoms with Crippen molar-refractivity contribution in [3.8, 4) is 11.1 Å². The number of hydrogen-bond acceptors (Lipinski definition) is 5. The first-order valence-corrected chi connectivity index (χ1v) is 8.82. The Hall–Kier alpha value is -2.57. The number of pyridine rings is 1. The topological polar surface area (TPSA) is 86.6 Å².